The summed E-state index contributed by atoms with van der Waals surface area (Å²) in [7, 11) is 0. The van der Waals surface area contributed by atoms with Gasteiger partial charge >= 0.3 is 6.09 Å². The van der Waals surface area contributed by atoms with Gasteiger partial charge in [-0.3, -0.25) is 4.90 Å². The van der Waals surface area contributed by atoms with Crippen LogP contribution in [0.15, 0.2) is 18.2 Å². The fraction of sp³-hybridized carbons (Fsp3) is 0.682. The number of piperidine rings is 1. The Kier molecular flexibility index (Phi) is 6.30. The van der Waals surface area contributed by atoms with Crippen LogP contribution >= 0.6 is 0 Å². The van der Waals surface area contributed by atoms with Gasteiger partial charge in [0.2, 0.25) is 0 Å². The molecule has 5 heteroatoms. The number of amides is 1. The number of piperazine rings is 1. The van der Waals surface area contributed by atoms with Gasteiger partial charge in [-0.25, -0.2) is 4.79 Å². The average Bonchev–Trinajstić information content (AvgIpc) is 2.61. The number of carbonyl (C=O) groups excluding carboxylic acids is 1. The molecule has 0 atom stereocenters. The molecule has 2 aliphatic rings. The molecule has 0 aliphatic carbocycles. The van der Waals surface area contributed by atoms with E-state index in [4.69, 9.17) is 4.74 Å². The summed E-state index contributed by atoms with van der Waals surface area (Å²) in [5.41, 5.74) is 3.65. The van der Waals surface area contributed by atoms with Gasteiger partial charge in [-0.05, 0) is 70.2 Å². The first kappa shape index (κ1) is 20.0. The smallest absolute Gasteiger partial charge is 0.410 e. The topological polar surface area (TPSA) is 36.0 Å². The van der Waals surface area contributed by atoms with Gasteiger partial charge in [-0.1, -0.05) is 6.07 Å². The Morgan fingerprint density at radius 1 is 0.963 bits per heavy atom. The van der Waals surface area contributed by atoms with Crippen LogP contribution < -0.4 is 4.90 Å². The number of nitrogens with zero attached hydrogens (tertiary/aromatic N) is 3. The molecule has 1 aromatic rings. The van der Waals surface area contributed by atoms with Crippen LogP contribution in [0, 0.1) is 6.92 Å². The molecule has 0 radical (unpaired) electrons. The highest BCUT2D eigenvalue weighted by molar-refractivity contribution is 5.68. The Morgan fingerprint density at radius 3 is 2.26 bits per heavy atom. The van der Waals surface area contributed by atoms with Crippen molar-refractivity contribution in [2.24, 2.45) is 0 Å². The number of rotatable bonds is 3. The van der Waals surface area contributed by atoms with Crippen LogP contribution in [0.1, 0.15) is 51.2 Å². The summed E-state index contributed by atoms with van der Waals surface area (Å²) in [5.74, 6) is 0. The molecule has 1 amide bonds. The third kappa shape index (κ3) is 5.86. The largest absolute Gasteiger partial charge is 0.444 e. The van der Waals surface area contributed by atoms with Crippen LogP contribution in [0.4, 0.5) is 10.5 Å². The van der Waals surface area contributed by atoms with E-state index in [0.29, 0.717) is 0 Å². The van der Waals surface area contributed by atoms with Crippen molar-refractivity contribution < 1.29 is 9.53 Å². The molecule has 0 N–H and O–H groups in total. The van der Waals surface area contributed by atoms with Crippen LogP contribution in [-0.2, 0) is 11.3 Å². The van der Waals surface area contributed by atoms with Gasteiger partial charge in [-0.2, -0.15) is 0 Å². The van der Waals surface area contributed by atoms with Gasteiger partial charge in [-0.15, -0.1) is 0 Å². The summed E-state index contributed by atoms with van der Waals surface area (Å²) in [6.45, 7) is 14.5. The van der Waals surface area contributed by atoms with Crippen molar-refractivity contribution in [1.29, 1.82) is 0 Å². The first-order chi connectivity index (χ1) is 12.8. The van der Waals surface area contributed by atoms with Crippen molar-refractivity contribution in [1.82, 2.24) is 9.80 Å². The number of benzene rings is 1. The maximum Gasteiger partial charge on any atom is 0.410 e. The first-order valence-electron chi connectivity index (χ1n) is 10.4. The second kappa shape index (κ2) is 8.51. The first-order valence-corrected chi connectivity index (χ1v) is 10.4. The molecule has 5 nitrogen and oxygen atoms in total. The minimum absolute atomic E-state index is 0.190. The maximum absolute atomic E-state index is 12.2. The summed E-state index contributed by atoms with van der Waals surface area (Å²) in [6.07, 6.45) is 3.77. The molecule has 0 bridgehead atoms. The van der Waals surface area contributed by atoms with Crippen LogP contribution in [0.3, 0.4) is 0 Å². The molecule has 0 aromatic heterocycles. The molecular formula is C22H35N3O2. The zero-order chi connectivity index (χ0) is 19.4. The molecule has 0 spiro atoms. The highest BCUT2D eigenvalue weighted by Crippen LogP contribution is 2.24. The lowest BCUT2D eigenvalue weighted by atomic mass is 10.1. The molecule has 2 heterocycles. The van der Waals surface area contributed by atoms with Gasteiger partial charge in [0.15, 0.2) is 0 Å². The lowest BCUT2D eigenvalue weighted by Crippen LogP contribution is -2.49. The number of hydrogen-bond acceptors (Lipinski definition) is 4. The van der Waals surface area contributed by atoms with E-state index < -0.39 is 5.60 Å². The lowest BCUT2D eigenvalue weighted by molar-refractivity contribution is 0.0139. The molecule has 2 aliphatic heterocycles. The standard InChI is InChI=1S/C22H35N3O2/c1-18-14-19(16-20(15-18)24-8-6-5-7-9-24)17-23-10-12-25(13-11-23)21(26)27-22(2,3)4/h14-16H,5-13,17H2,1-4H3. The molecule has 0 saturated carbocycles. The highest BCUT2D eigenvalue weighted by Gasteiger charge is 2.26. The predicted octanol–water partition coefficient (Wildman–Crippen LogP) is 4.04. The number of ether oxygens (including phenoxy) is 1. The zero-order valence-electron chi connectivity index (χ0n) is 17.5. The number of carbonyl (C=O) groups is 1. The van der Waals surface area contributed by atoms with Crippen molar-refractivity contribution in [2.45, 2.75) is 59.1 Å². The van der Waals surface area contributed by atoms with E-state index in [9.17, 15) is 4.79 Å². The Balaban J connectivity index is 1.56. The summed E-state index contributed by atoms with van der Waals surface area (Å²) in [5, 5.41) is 0. The fourth-order valence-corrected chi connectivity index (χ4v) is 3.94. The van der Waals surface area contributed by atoms with Crippen molar-refractivity contribution in [3.8, 4) is 0 Å². The molecule has 0 unspecified atom stereocenters. The molecule has 3 rings (SSSR count). The highest BCUT2D eigenvalue weighted by atomic mass is 16.6. The summed E-state index contributed by atoms with van der Waals surface area (Å²) in [6, 6.07) is 6.97. The quantitative estimate of drug-likeness (QED) is 0.801. The van der Waals surface area contributed by atoms with Crippen LogP contribution in [0.2, 0.25) is 0 Å². The summed E-state index contributed by atoms with van der Waals surface area (Å²) >= 11 is 0. The van der Waals surface area contributed by atoms with Crippen LogP contribution in [-0.4, -0.2) is 60.8 Å². The van der Waals surface area contributed by atoms with Crippen molar-refractivity contribution in [3.05, 3.63) is 29.3 Å². The van der Waals surface area contributed by atoms with Crippen LogP contribution in [0.25, 0.3) is 0 Å². The van der Waals surface area contributed by atoms with Crippen molar-refractivity contribution in [3.63, 3.8) is 0 Å². The van der Waals surface area contributed by atoms with Gasteiger partial charge in [0.25, 0.3) is 0 Å². The molecule has 27 heavy (non-hydrogen) atoms. The van der Waals surface area contributed by atoms with Gasteiger partial charge in [0.05, 0.1) is 0 Å². The second-order valence-electron chi connectivity index (χ2n) is 8.97. The third-order valence-electron chi connectivity index (χ3n) is 5.27. The molecular weight excluding hydrogens is 338 g/mol. The van der Waals surface area contributed by atoms with E-state index in [1.807, 2.05) is 25.7 Å². The van der Waals surface area contributed by atoms with Crippen LogP contribution in [0.5, 0.6) is 0 Å². The molecule has 1 aromatic carbocycles. The number of hydrogen-bond donors (Lipinski definition) is 0. The van der Waals surface area contributed by atoms with E-state index >= 15 is 0 Å². The van der Waals surface area contributed by atoms with Gasteiger partial charge in [0.1, 0.15) is 5.60 Å². The molecule has 2 fully saturated rings. The third-order valence-corrected chi connectivity index (χ3v) is 5.27. The van der Waals surface area contributed by atoms with E-state index in [0.717, 1.165) is 32.7 Å². The summed E-state index contributed by atoms with van der Waals surface area (Å²) in [4.78, 5) is 19.0. The minimum atomic E-state index is -0.430. The van der Waals surface area contributed by atoms with E-state index in [1.165, 1.54) is 49.2 Å². The monoisotopic (exact) mass is 373 g/mol. The van der Waals surface area contributed by atoms with E-state index in [2.05, 4.69) is 34.9 Å². The van der Waals surface area contributed by atoms with Crippen molar-refractivity contribution in [2.75, 3.05) is 44.2 Å². The predicted molar refractivity (Wildman–Crippen MR) is 110 cm³/mol. The molecule has 150 valence electrons. The minimum Gasteiger partial charge on any atom is -0.444 e. The normalized spacial score (nSPS) is 19.3. The average molecular weight is 374 g/mol. The van der Waals surface area contributed by atoms with Crippen molar-refractivity contribution >= 4 is 11.8 Å². The van der Waals surface area contributed by atoms with Gasteiger partial charge < -0.3 is 14.5 Å². The number of aryl methyl sites for hydroxylation is 1. The zero-order valence-corrected chi connectivity index (χ0v) is 17.5. The van der Waals surface area contributed by atoms with E-state index in [-0.39, 0.29) is 6.09 Å². The maximum atomic E-state index is 12.2. The van der Waals surface area contributed by atoms with Gasteiger partial charge in [0, 0.05) is 51.5 Å². The fourth-order valence-electron chi connectivity index (χ4n) is 3.94. The second-order valence-corrected chi connectivity index (χ2v) is 8.97. The lowest BCUT2D eigenvalue weighted by Gasteiger charge is -2.36. The Labute approximate surface area is 164 Å². The number of anilines is 1. The SMILES string of the molecule is Cc1cc(CN2CCN(C(=O)OC(C)(C)C)CC2)cc(N2CCCCC2)c1. The van der Waals surface area contributed by atoms with E-state index in [1.54, 1.807) is 0 Å². The molecule has 2 saturated heterocycles. The summed E-state index contributed by atoms with van der Waals surface area (Å²) < 4.78 is 5.49. The Hall–Kier alpha value is -1.75. The Bertz CT molecular complexity index is 639. The Morgan fingerprint density at radius 2 is 1.63 bits per heavy atom.